The van der Waals surface area contributed by atoms with E-state index in [9.17, 15) is 4.79 Å². The minimum Gasteiger partial charge on any atom is -0.462 e. The number of carbonyl (C=O) groups is 1. The Morgan fingerprint density at radius 1 is 1.05 bits per heavy atom. The average molecular weight is 280 g/mol. The van der Waals surface area contributed by atoms with Crippen LogP contribution >= 0.6 is 0 Å². The molecule has 0 saturated carbocycles. The fraction of sp³-hybridized carbons (Fsp3) is 0.176. The van der Waals surface area contributed by atoms with Crippen molar-refractivity contribution in [3.8, 4) is 0 Å². The Bertz CT molecular complexity index is 751. The molecule has 0 N–H and O–H groups in total. The van der Waals surface area contributed by atoms with Crippen LogP contribution in [0, 0.1) is 13.8 Å². The summed E-state index contributed by atoms with van der Waals surface area (Å²) < 4.78 is 5.50. The molecule has 0 unspecified atom stereocenters. The van der Waals surface area contributed by atoms with Crippen LogP contribution in [0.3, 0.4) is 0 Å². The first-order valence-corrected chi connectivity index (χ1v) is 6.79. The lowest BCUT2D eigenvalue weighted by atomic mass is 10.1. The molecule has 1 amide bonds. The highest BCUT2D eigenvalue weighted by molar-refractivity contribution is 6.32. The summed E-state index contributed by atoms with van der Waals surface area (Å²) in [6.45, 7) is 5.71. The molecule has 0 atom stereocenters. The number of aryl methyl sites for hydroxylation is 2. The van der Waals surface area contributed by atoms with E-state index in [1.807, 2.05) is 57.2 Å². The van der Waals surface area contributed by atoms with Gasteiger partial charge in [0.1, 0.15) is 11.5 Å². The predicted molar refractivity (Wildman–Crippen MR) is 83.2 cm³/mol. The van der Waals surface area contributed by atoms with Crippen LogP contribution in [-0.2, 0) is 4.79 Å². The van der Waals surface area contributed by atoms with E-state index < -0.39 is 0 Å². The Morgan fingerprint density at radius 3 is 2.38 bits per heavy atom. The van der Waals surface area contributed by atoms with E-state index in [0.29, 0.717) is 17.0 Å². The van der Waals surface area contributed by atoms with Gasteiger partial charge in [0.05, 0.1) is 17.0 Å². The van der Waals surface area contributed by atoms with E-state index in [4.69, 9.17) is 4.42 Å². The van der Waals surface area contributed by atoms with Gasteiger partial charge in [-0.05, 0) is 51.1 Å². The van der Waals surface area contributed by atoms with Gasteiger partial charge < -0.3 is 4.42 Å². The van der Waals surface area contributed by atoms with Crippen LogP contribution in [0.4, 0.5) is 5.69 Å². The summed E-state index contributed by atoms with van der Waals surface area (Å²) >= 11 is 0. The molecule has 0 saturated heterocycles. The number of rotatable bonds is 2. The molecule has 1 aliphatic rings. The van der Waals surface area contributed by atoms with Crippen molar-refractivity contribution in [3.05, 3.63) is 59.1 Å². The minimum absolute atomic E-state index is 0.134. The van der Waals surface area contributed by atoms with Gasteiger partial charge in [-0.15, -0.1) is 0 Å². The quantitative estimate of drug-likeness (QED) is 0.787. The van der Waals surface area contributed by atoms with Crippen molar-refractivity contribution in [3.63, 3.8) is 0 Å². The topological polar surface area (TPSA) is 45.8 Å². The summed E-state index contributed by atoms with van der Waals surface area (Å²) in [5.41, 5.74) is 3.16. The third-order valence-electron chi connectivity index (χ3n) is 3.39. The number of amides is 1. The largest absolute Gasteiger partial charge is 0.462 e. The molecule has 0 aliphatic carbocycles. The van der Waals surface area contributed by atoms with Crippen LogP contribution in [0.1, 0.15) is 24.0 Å². The number of nitrogens with zero attached hydrogens (tertiary/aromatic N) is 2. The Labute approximate surface area is 123 Å². The molecular weight excluding hydrogens is 264 g/mol. The number of benzene rings is 1. The Hall–Kier alpha value is -2.62. The molecular formula is C17H16N2O2. The molecule has 0 fully saturated rings. The van der Waals surface area contributed by atoms with Crippen LogP contribution in [0.5, 0.6) is 0 Å². The molecule has 0 bridgehead atoms. The number of carbonyl (C=O) groups excluding carboxylic acids is 1. The monoisotopic (exact) mass is 280 g/mol. The number of anilines is 1. The lowest BCUT2D eigenvalue weighted by Crippen LogP contribution is -2.21. The van der Waals surface area contributed by atoms with Crippen molar-refractivity contribution in [1.82, 2.24) is 0 Å². The zero-order chi connectivity index (χ0) is 15.0. The van der Waals surface area contributed by atoms with Crippen LogP contribution in [0.15, 0.2) is 51.5 Å². The lowest BCUT2D eigenvalue weighted by Gasteiger charge is -2.11. The van der Waals surface area contributed by atoms with Gasteiger partial charge in [-0.25, -0.2) is 0 Å². The van der Waals surface area contributed by atoms with E-state index in [-0.39, 0.29) is 5.91 Å². The molecule has 21 heavy (non-hydrogen) atoms. The second-order valence-corrected chi connectivity index (χ2v) is 5.14. The van der Waals surface area contributed by atoms with Crippen molar-refractivity contribution < 1.29 is 9.21 Å². The Morgan fingerprint density at radius 2 is 1.76 bits per heavy atom. The van der Waals surface area contributed by atoms with Crippen LogP contribution in [0.2, 0.25) is 0 Å². The summed E-state index contributed by atoms with van der Waals surface area (Å²) in [7, 11) is 0. The number of hydrogen-bond acceptors (Lipinski definition) is 3. The van der Waals surface area contributed by atoms with E-state index in [2.05, 4.69) is 5.10 Å². The minimum atomic E-state index is -0.134. The molecule has 0 radical (unpaired) electrons. The van der Waals surface area contributed by atoms with E-state index in [1.165, 1.54) is 5.01 Å². The van der Waals surface area contributed by atoms with Crippen LogP contribution < -0.4 is 5.01 Å². The second kappa shape index (κ2) is 5.05. The van der Waals surface area contributed by atoms with Gasteiger partial charge in [0.15, 0.2) is 0 Å². The highest BCUT2D eigenvalue weighted by Gasteiger charge is 2.28. The van der Waals surface area contributed by atoms with E-state index in [0.717, 1.165) is 17.0 Å². The van der Waals surface area contributed by atoms with Gasteiger partial charge in [-0.3, -0.25) is 4.79 Å². The zero-order valence-corrected chi connectivity index (χ0v) is 12.3. The SMILES string of the molecule is CC1=NN(c2ccc(C)cc2)C(=O)C1=Cc1ccc(C)o1. The fourth-order valence-corrected chi connectivity index (χ4v) is 2.22. The van der Waals surface area contributed by atoms with E-state index >= 15 is 0 Å². The van der Waals surface area contributed by atoms with Gasteiger partial charge in [-0.2, -0.15) is 10.1 Å². The molecule has 3 rings (SSSR count). The van der Waals surface area contributed by atoms with Crippen molar-refractivity contribution in [2.24, 2.45) is 5.10 Å². The van der Waals surface area contributed by atoms with Gasteiger partial charge in [0, 0.05) is 0 Å². The average Bonchev–Trinajstić information content (AvgIpc) is 2.98. The molecule has 106 valence electrons. The molecule has 1 aromatic carbocycles. The van der Waals surface area contributed by atoms with Crippen molar-refractivity contribution in [2.75, 3.05) is 5.01 Å². The summed E-state index contributed by atoms with van der Waals surface area (Å²) in [6, 6.07) is 11.4. The fourth-order valence-electron chi connectivity index (χ4n) is 2.22. The zero-order valence-electron chi connectivity index (χ0n) is 12.3. The standard InChI is InChI=1S/C17H16N2O2/c1-11-4-7-14(8-5-11)19-17(20)16(13(3)18-19)10-15-9-6-12(2)21-15/h4-10H,1-3H3. The van der Waals surface area contributed by atoms with Gasteiger partial charge in [0.2, 0.25) is 0 Å². The van der Waals surface area contributed by atoms with E-state index in [1.54, 1.807) is 6.08 Å². The number of hydrogen-bond donors (Lipinski definition) is 0. The first-order valence-electron chi connectivity index (χ1n) is 6.79. The van der Waals surface area contributed by atoms with Gasteiger partial charge in [-0.1, -0.05) is 17.7 Å². The first kappa shape index (κ1) is 13.4. The smallest absolute Gasteiger partial charge is 0.280 e. The summed E-state index contributed by atoms with van der Waals surface area (Å²) in [4.78, 5) is 12.5. The maximum atomic E-state index is 12.5. The molecule has 1 aliphatic heterocycles. The summed E-state index contributed by atoms with van der Waals surface area (Å²) in [5, 5.41) is 5.77. The third kappa shape index (κ3) is 2.52. The molecule has 1 aromatic heterocycles. The molecule has 2 heterocycles. The first-order chi connectivity index (χ1) is 10.0. The molecule has 0 spiro atoms. The Kier molecular flexibility index (Phi) is 3.22. The predicted octanol–water partition coefficient (Wildman–Crippen LogP) is 3.70. The maximum Gasteiger partial charge on any atom is 0.280 e. The second-order valence-electron chi connectivity index (χ2n) is 5.14. The highest BCUT2D eigenvalue weighted by atomic mass is 16.3. The number of hydrazone groups is 1. The summed E-state index contributed by atoms with van der Waals surface area (Å²) in [6.07, 6.45) is 1.74. The molecule has 2 aromatic rings. The number of furan rings is 1. The van der Waals surface area contributed by atoms with Crippen LogP contribution in [-0.4, -0.2) is 11.6 Å². The maximum absolute atomic E-state index is 12.5. The summed E-state index contributed by atoms with van der Waals surface area (Å²) in [5.74, 6) is 1.35. The highest BCUT2D eigenvalue weighted by Crippen LogP contribution is 2.25. The molecule has 4 nitrogen and oxygen atoms in total. The van der Waals surface area contributed by atoms with Crippen molar-refractivity contribution >= 4 is 23.4 Å². The van der Waals surface area contributed by atoms with Gasteiger partial charge in [0.25, 0.3) is 5.91 Å². The molecule has 4 heteroatoms. The van der Waals surface area contributed by atoms with Crippen molar-refractivity contribution in [1.29, 1.82) is 0 Å². The van der Waals surface area contributed by atoms with Gasteiger partial charge >= 0.3 is 0 Å². The van der Waals surface area contributed by atoms with Crippen LogP contribution in [0.25, 0.3) is 6.08 Å². The normalized spacial score (nSPS) is 16.7. The lowest BCUT2D eigenvalue weighted by molar-refractivity contribution is -0.114. The van der Waals surface area contributed by atoms with Crippen molar-refractivity contribution in [2.45, 2.75) is 20.8 Å². The Balaban J connectivity index is 1.93. The third-order valence-corrected chi connectivity index (χ3v) is 3.39.